The minimum Gasteiger partial charge on any atom is -0.380 e. The molecule has 27 heavy (non-hydrogen) atoms. The van der Waals surface area contributed by atoms with Crippen molar-refractivity contribution in [1.82, 2.24) is 4.57 Å². The van der Waals surface area contributed by atoms with E-state index in [4.69, 9.17) is 4.74 Å². The van der Waals surface area contributed by atoms with E-state index in [1.54, 1.807) is 12.1 Å². The summed E-state index contributed by atoms with van der Waals surface area (Å²) in [7, 11) is 0. The molecule has 0 saturated carbocycles. The maximum atomic E-state index is 12.2. The van der Waals surface area contributed by atoms with Gasteiger partial charge in [0.15, 0.2) is 4.80 Å². The van der Waals surface area contributed by atoms with Crippen LogP contribution < -0.4 is 4.80 Å². The number of nitrogens with zero attached hydrogens (tertiary/aromatic N) is 3. The minimum atomic E-state index is -0.435. The van der Waals surface area contributed by atoms with Gasteiger partial charge in [-0.1, -0.05) is 17.4 Å². The molecule has 0 spiro atoms. The average molecular weight is 403 g/mol. The van der Waals surface area contributed by atoms with E-state index >= 15 is 0 Å². The normalized spacial score (nSPS) is 12.3. The number of thiophene rings is 1. The summed E-state index contributed by atoms with van der Waals surface area (Å²) in [6.45, 7) is 3.46. The lowest BCUT2D eigenvalue weighted by Crippen LogP contribution is -2.19. The van der Waals surface area contributed by atoms with Gasteiger partial charge in [0.05, 0.1) is 21.7 Å². The number of benzene rings is 1. The summed E-state index contributed by atoms with van der Waals surface area (Å²) in [6.07, 6.45) is 3.14. The molecule has 3 rings (SSSR count). The van der Waals surface area contributed by atoms with Crippen molar-refractivity contribution in [3.8, 4) is 0 Å². The van der Waals surface area contributed by atoms with Crippen LogP contribution in [0.1, 0.15) is 11.8 Å². The number of nitro benzene ring substituents is 1. The third-order valence-corrected chi connectivity index (χ3v) is 5.56. The zero-order valence-electron chi connectivity index (χ0n) is 14.5. The molecule has 1 amide bonds. The van der Waals surface area contributed by atoms with Gasteiger partial charge in [0.1, 0.15) is 0 Å². The standard InChI is InChI=1S/C18H17N3O4S2/c1-2-25-10-9-20-15-7-5-13(21(23)24)12-16(15)27-18(20)19-17(22)8-6-14-4-3-11-26-14/h3-8,11-12H,2,9-10H2,1H3. The summed E-state index contributed by atoms with van der Waals surface area (Å²) in [5.41, 5.74) is 0.801. The summed E-state index contributed by atoms with van der Waals surface area (Å²) in [4.78, 5) is 28.5. The fourth-order valence-corrected chi connectivity index (χ4v) is 4.16. The highest BCUT2D eigenvalue weighted by molar-refractivity contribution is 7.16. The molecule has 0 aliphatic heterocycles. The van der Waals surface area contributed by atoms with Crippen LogP contribution >= 0.6 is 22.7 Å². The Labute approximate surface area is 163 Å². The second-order valence-corrected chi connectivity index (χ2v) is 7.43. The summed E-state index contributed by atoms with van der Waals surface area (Å²) < 4.78 is 7.97. The van der Waals surface area contributed by atoms with Crippen molar-refractivity contribution in [2.75, 3.05) is 13.2 Å². The predicted octanol–water partition coefficient (Wildman–Crippen LogP) is 3.85. The molecule has 3 aromatic rings. The van der Waals surface area contributed by atoms with Gasteiger partial charge in [-0.2, -0.15) is 4.99 Å². The van der Waals surface area contributed by atoms with E-state index in [1.807, 2.05) is 29.0 Å². The first-order chi connectivity index (χ1) is 13.1. The molecular formula is C18H17N3O4S2. The summed E-state index contributed by atoms with van der Waals surface area (Å²) >= 11 is 2.78. The molecule has 0 radical (unpaired) electrons. The van der Waals surface area contributed by atoms with Crippen LogP contribution in [0.25, 0.3) is 16.3 Å². The Bertz CT molecular complexity index is 1050. The number of carbonyl (C=O) groups excluding carboxylic acids is 1. The average Bonchev–Trinajstić information content (AvgIpc) is 3.28. The Morgan fingerprint density at radius 2 is 2.26 bits per heavy atom. The number of ether oxygens (including phenoxy) is 1. The van der Waals surface area contributed by atoms with Crippen molar-refractivity contribution in [2.24, 2.45) is 4.99 Å². The van der Waals surface area contributed by atoms with Crippen molar-refractivity contribution < 1.29 is 14.5 Å². The van der Waals surface area contributed by atoms with E-state index in [0.29, 0.717) is 29.3 Å². The van der Waals surface area contributed by atoms with Crippen molar-refractivity contribution in [3.63, 3.8) is 0 Å². The third-order valence-electron chi connectivity index (χ3n) is 3.68. The van der Waals surface area contributed by atoms with Crippen molar-refractivity contribution in [2.45, 2.75) is 13.5 Å². The quantitative estimate of drug-likeness (QED) is 0.259. The molecule has 0 aliphatic carbocycles. The largest absolute Gasteiger partial charge is 0.380 e. The van der Waals surface area contributed by atoms with Gasteiger partial charge in [0.25, 0.3) is 11.6 Å². The molecule has 0 saturated heterocycles. The molecule has 2 heterocycles. The van der Waals surface area contributed by atoms with Crippen LogP contribution in [-0.2, 0) is 16.1 Å². The molecular weight excluding hydrogens is 386 g/mol. The van der Waals surface area contributed by atoms with Crippen LogP contribution in [0, 0.1) is 10.1 Å². The molecule has 140 valence electrons. The zero-order valence-corrected chi connectivity index (χ0v) is 16.2. The van der Waals surface area contributed by atoms with Gasteiger partial charge in [-0.25, -0.2) is 0 Å². The number of non-ortho nitro benzene ring substituents is 1. The van der Waals surface area contributed by atoms with Gasteiger partial charge in [-0.15, -0.1) is 11.3 Å². The molecule has 0 atom stereocenters. The first kappa shape index (κ1) is 19.2. The number of hydrogen-bond acceptors (Lipinski definition) is 6. The van der Waals surface area contributed by atoms with Gasteiger partial charge in [-0.05, 0) is 30.5 Å². The van der Waals surface area contributed by atoms with Gasteiger partial charge < -0.3 is 9.30 Å². The molecule has 7 nitrogen and oxygen atoms in total. The Kier molecular flexibility index (Phi) is 6.28. The van der Waals surface area contributed by atoms with E-state index in [0.717, 1.165) is 10.4 Å². The van der Waals surface area contributed by atoms with Crippen LogP contribution in [0.4, 0.5) is 5.69 Å². The first-order valence-electron chi connectivity index (χ1n) is 8.24. The summed E-state index contributed by atoms with van der Waals surface area (Å²) in [5, 5.41) is 13.0. The van der Waals surface area contributed by atoms with Crippen LogP contribution in [0.5, 0.6) is 0 Å². The smallest absolute Gasteiger partial charge is 0.272 e. The fraction of sp³-hybridized carbons (Fsp3) is 0.222. The number of fused-ring (bicyclic) bond motifs is 1. The van der Waals surface area contributed by atoms with Gasteiger partial charge >= 0.3 is 0 Å². The van der Waals surface area contributed by atoms with E-state index < -0.39 is 4.92 Å². The van der Waals surface area contributed by atoms with Crippen LogP contribution in [0.15, 0.2) is 46.8 Å². The Morgan fingerprint density at radius 3 is 2.96 bits per heavy atom. The number of hydrogen-bond donors (Lipinski definition) is 0. The number of amides is 1. The first-order valence-corrected chi connectivity index (χ1v) is 9.94. The highest BCUT2D eigenvalue weighted by atomic mass is 32.1. The van der Waals surface area contributed by atoms with E-state index in [2.05, 4.69) is 4.99 Å². The lowest BCUT2D eigenvalue weighted by atomic mass is 10.3. The van der Waals surface area contributed by atoms with Crippen molar-refractivity contribution >= 4 is 50.6 Å². The maximum Gasteiger partial charge on any atom is 0.272 e. The fourth-order valence-electron chi connectivity index (χ4n) is 2.45. The highest BCUT2D eigenvalue weighted by Gasteiger charge is 2.12. The monoisotopic (exact) mass is 403 g/mol. The maximum absolute atomic E-state index is 12.2. The van der Waals surface area contributed by atoms with Crippen LogP contribution in [0.2, 0.25) is 0 Å². The number of nitro groups is 1. The van der Waals surface area contributed by atoms with E-state index in [1.165, 1.54) is 40.9 Å². The number of thiazole rings is 1. The Hall–Kier alpha value is -2.62. The van der Waals surface area contributed by atoms with Gasteiger partial charge in [0.2, 0.25) is 0 Å². The molecule has 0 fully saturated rings. The summed E-state index contributed by atoms with van der Waals surface area (Å²) in [6, 6.07) is 8.46. The van der Waals surface area contributed by atoms with Crippen LogP contribution in [-0.4, -0.2) is 28.6 Å². The molecule has 0 aliphatic rings. The van der Waals surface area contributed by atoms with Crippen molar-refractivity contribution in [3.05, 3.63) is 61.6 Å². The van der Waals surface area contributed by atoms with Crippen molar-refractivity contribution in [1.29, 1.82) is 0 Å². The van der Waals surface area contributed by atoms with E-state index in [-0.39, 0.29) is 11.6 Å². The molecule has 0 bridgehead atoms. The minimum absolute atomic E-state index is 0.0103. The molecule has 0 unspecified atom stereocenters. The number of rotatable bonds is 7. The predicted molar refractivity (Wildman–Crippen MR) is 107 cm³/mol. The second kappa shape index (κ2) is 8.85. The Morgan fingerprint density at radius 1 is 1.41 bits per heavy atom. The summed E-state index contributed by atoms with van der Waals surface area (Å²) in [5.74, 6) is -0.380. The van der Waals surface area contributed by atoms with Gasteiger partial charge in [0, 0.05) is 36.2 Å². The second-order valence-electron chi connectivity index (χ2n) is 5.44. The molecule has 1 aromatic carbocycles. The third kappa shape index (κ3) is 4.76. The lowest BCUT2D eigenvalue weighted by Gasteiger charge is -2.05. The SMILES string of the molecule is CCOCCn1c(=NC(=O)C=Cc2cccs2)sc2cc([N+](=O)[O-])ccc21. The molecule has 9 heteroatoms. The zero-order chi connectivity index (χ0) is 19.2. The highest BCUT2D eigenvalue weighted by Crippen LogP contribution is 2.23. The topological polar surface area (TPSA) is 86.7 Å². The molecule has 0 N–H and O–H groups in total. The van der Waals surface area contributed by atoms with Crippen LogP contribution in [0.3, 0.4) is 0 Å². The number of carbonyl (C=O) groups is 1. The lowest BCUT2D eigenvalue weighted by molar-refractivity contribution is -0.384. The van der Waals surface area contributed by atoms with E-state index in [9.17, 15) is 14.9 Å². The Balaban J connectivity index is 1.99. The number of aromatic nitrogens is 1. The molecule has 2 aromatic heterocycles. The van der Waals surface area contributed by atoms with Gasteiger partial charge in [-0.3, -0.25) is 14.9 Å².